The van der Waals surface area contributed by atoms with Crippen LogP contribution in [-0.4, -0.2) is 22.6 Å². The Bertz CT molecular complexity index is 414. The average Bonchev–Trinajstić information content (AvgIpc) is 3.21. The number of hydrogen-bond acceptors (Lipinski definition) is 4. The van der Waals surface area contributed by atoms with Crippen molar-refractivity contribution in [2.24, 2.45) is 11.7 Å². The summed E-state index contributed by atoms with van der Waals surface area (Å²) in [5.74, 6) is 1.76. The lowest BCUT2D eigenvalue weighted by Gasteiger charge is -2.15. The molecule has 3 N–H and O–H groups in total. The molecule has 4 nitrogen and oxygen atoms in total. The molecule has 0 aliphatic heterocycles. The van der Waals surface area contributed by atoms with Crippen LogP contribution in [0.15, 0.2) is 6.33 Å². The lowest BCUT2D eigenvalue weighted by atomic mass is 10.1. The van der Waals surface area contributed by atoms with Crippen molar-refractivity contribution in [1.29, 1.82) is 0 Å². The highest BCUT2D eigenvalue weighted by Crippen LogP contribution is 2.32. The number of anilines is 1. The summed E-state index contributed by atoms with van der Waals surface area (Å²) in [6.07, 6.45) is 10.3. The summed E-state index contributed by atoms with van der Waals surface area (Å²) in [6, 6.07) is 0.279. The molecule has 1 saturated carbocycles. The van der Waals surface area contributed by atoms with Gasteiger partial charge in [-0.1, -0.05) is 6.42 Å². The van der Waals surface area contributed by atoms with Gasteiger partial charge in [0.05, 0.1) is 0 Å². The summed E-state index contributed by atoms with van der Waals surface area (Å²) in [7, 11) is 0. The van der Waals surface area contributed by atoms with Gasteiger partial charge in [-0.15, -0.1) is 0 Å². The van der Waals surface area contributed by atoms with Gasteiger partial charge in [-0.25, -0.2) is 9.97 Å². The van der Waals surface area contributed by atoms with Crippen molar-refractivity contribution in [3.63, 3.8) is 0 Å². The van der Waals surface area contributed by atoms with Crippen LogP contribution >= 0.6 is 0 Å². The molecule has 0 saturated heterocycles. The Kier molecular flexibility index (Phi) is 3.46. The predicted molar refractivity (Wildman–Crippen MR) is 72.5 cm³/mol. The molecule has 0 aromatic carbocycles. The van der Waals surface area contributed by atoms with Crippen LogP contribution in [0.3, 0.4) is 0 Å². The zero-order valence-corrected chi connectivity index (χ0v) is 10.9. The monoisotopic (exact) mass is 246 g/mol. The van der Waals surface area contributed by atoms with E-state index < -0.39 is 0 Å². The SMILES string of the molecule is NC(CNc1ncnc2c1CCCCC2)C1CC1. The lowest BCUT2D eigenvalue weighted by molar-refractivity contribution is 0.619. The normalized spacial score (nSPS) is 20.9. The predicted octanol–water partition coefficient (Wildman–Crippen LogP) is 1.89. The highest BCUT2D eigenvalue weighted by atomic mass is 15.0. The van der Waals surface area contributed by atoms with Crippen LogP contribution in [0.4, 0.5) is 5.82 Å². The van der Waals surface area contributed by atoms with E-state index in [0.717, 1.165) is 31.1 Å². The minimum Gasteiger partial charge on any atom is -0.368 e. The molecule has 1 atom stereocenters. The summed E-state index contributed by atoms with van der Waals surface area (Å²) in [5.41, 5.74) is 8.70. The number of rotatable bonds is 4. The number of nitrogens with one attached hydrogen (secondary N) is 1. The van der Waals surface area contributed by atoms with E-state index in [9.17, 15) is 0 Å². The van der Waals surface area contributed by atoms with Gasteiger partial charge >= 0.3 is 0 Å². The third-order valence-corrected chi connectivity index (χ3v) is 4.11. The Labute approximate surface area is 108 Å². The maximum atomic E-state index is 6.13. The third kappa shape index (κ3) is 2.64. The van der Waals surface area contributed by atoms with E-state index in [1.165, 1.54) is 43.4 Å². The van der Waals surface area contributed by atoms with Crippen molar-refractivity contribution in [3.8, 4) is 0 Å². The zero-order valence-electron chi connectivity index (χ0n) is 10.9. The van der Waals surface area contributed by atoms with E-state index in [1.807, 2.05) is 0 Å². The molecule has 0 radical (unpaired) electrons. The van der Waals surface area contributed by atoms with E-state index in [-0.39, 0.29) is 6.04 Å². The molecule has 2 aliphatic rings. The van der Waals surface area contributed by atoms with Gasteiger partial charge in [-0.2, -0.15) is 0 Å². The molecule has 1 aromatic rings. The van der Waals surface area contributed by atoms with Crippen molar-refractivity contribution in [1.82, 2.24) is 9.97 Å². The Hall–Kier alpha value is -1.16. The van der Waals surface area contributed by atoms with Crippen molar-refractivity contribution < 1.29 is 0 Å². The Morgan fingerprint density at radius 2 is 2.06 bits per heavy atom. The molecular formula is C14H22N4. The summed E-state index contributed by atoms with van der Waals surface area (Å²) in [4.78, 5) is 8.84. The van der Waals surface area contributed by atoms with Crippen LogP contribution in [0.25, 0.3) is 0 Å². The first kappa shape index (κ1) is 11.9. The number of nitrogens with two attached hydrogens (primary N) is 1. The van der Waals surface area contributed by atoms with Crippen LogP contribution in [0.5, 0.6) is 0 Å². The van der Waals surface area contributed by atoms with E-state index >= 15 is 0 Å². The fourth-order valence-electron chi connectivity index (χ4n) is 2.76. The van der Waals surface area contributed by atoms with E-state index in [4.69, 9.17) is 5.73 Å². The molecule has 2 aliphatic carbocycles. The molecule has 1 aromatic heterocycles. The van der Waals surface area contributed by atoms with Gasteiger partial charge in [0, 0.05) is 23.8 Å². The maximum Gasteiger partial charge on any atom is 0.132 e. The molecule has 1 fully saturated rings. The van der Waals surface area contributed by atoms with Crippen LogP contribution in [0.2, 0.25) is 0 Å². The molecule has 1 heterocycles. The molecule has 3 rings (SSSR count). The number of nitrogens with zero attached hydrogens (tertiary/aromatic N) is 2. The molecule has 1 unspecified atom stereocenters. The topological polar surface area (TPSA) is 63.8 Å². The first-order valence-corrected chi connectivity index (χ1v) is 7.17. The Morgan fingerprint density at radius 1 is 1.22 bits per heavy atom. The summed E-state index contributed by atoms with van der Waals surface area (Å²) in [5, 5.41) is 3.45. The molecule has 4 heteroatoms. The average molecular weight is 246 g/mol. The second-order valence-electron chi connectivity index (χ2n) is 5.59. The molecular weight excluding hydrogens is 224 g/mol. The van der Waals surface area contributed by atoms with Gasteiger partial charge in [0.25, 0.3) is 0 Å². The highest BCUT2D eigenvalue weighted by molar-refractivity contribution is 5.46. The van der Waals surface area contributed by atoms with Gasteiger partial charge in [0.1, 0.15) is 12.1 Å². The second kappa shape index (κ2) is 5.22. The van der Waals surface area contributed by atoms with Gasteiger partial charge in [-0.05, 0) is 44.4 Å². The molecule has 98 valence electrons. The van der Waals surface area contributed by atoms with E-state index in [0.29, 0.717) is 0 Å². The largest absolute Gasteiger partial charge is 0.368 e. The Morgan fingerprint density at radius 3 is 2.89 bits per heavy atom. The minimum absolute atomic E-state index is 0.279. The second-order valence-corrected chi connectivity index (χ2v) is 5.59. The van der Waals surface area contributed by atoms with E-state index in [2.05, 4.69) is 15.3 Å². The summed E-state index contributed by atoms with van der Waals surface area (Å²) < 4.78 is 0. The number of aromatic nitrogens is 2. The third-order valence-electron chi connectivity index (χ3n) is 4.11. The van der Waals surface area contributed by atoms with Gasteiger partial charge in [0.2, 0.25) is 0 Å². The zero-order chi connectivity index (χ0) is 12.4. The minimum atomic E-state index is 0.279. The number of fused-ring (bicyclic) bond motifs is 1. The fourth-order valence-corrected chi connectivity index (χ4v) is 2.76. The van der Waals surface area contributed by atoms with Crippen LogP contribution in [0, 0.1) is 5.92 Å². The van der Waals surface area contributed by atoms with Crippen LogP contribution < -0.4 is 11.1 Å². The van der Waals surface area contributed by atoms with Crippen LogP contribution in [-0.2, 0) is 12.8 Å². The Balaban J connectivity index is 1.70. The fraction of sp³-hybridized carbons (Fsp3) is 0.714. The first-order valence-electron chi connectivity index (χ1n) is 7.17. The van der Waals surface area contributed by atoms with Crippen molar-refractivity contribution >= 4 is 5.82 Å². The van der Waals surface area contributed by atoms with Gasteiger partial charge in [-0.3, -0.25) is 0 Å². The van der Waals surface area contributed by atoms with Crippen molar-refractivity contribution in [2.45, 2.75) is 51.0 Å². The van der Waals surface area contributed by atoms with Crippen molar-refractivity contribution in [3.05, 3.63) is 17.6 Å². The molecule has 18 heavy (non-hydrogen) atoms. The van der Waals surface area contributed by atoms with Gasteiger partial charge < -0.3 is 11.1 Å². The summed E-state index contributed by atoms with van der Waals surface area (Å²) >= 11 is 0. The maximum absolute atomic E-state index is 6.13. The van der Waals surface area contributed by atoms with E-state index in [1.54, 1.807) is 6.33 Å². The van der Waals surface area contributed by atoms with Crippen molar-refractivity contribution in [2.75, 3.05) is 11.9 Å². The molecule has 0 spiro atoms. The highest BCUT2D eigenvalue weighted by Gasteiger charge is 2.28. The lowest BCUT2D eigenvalue weighted by Crippen LogP contribution is -2.31. The number of aryl methyl sites for hydroxylation is 1. The smallest absolute Gasteiger partial charge is 0.132 e. The molecule has 0 amide bonds. The molecule has 0 bridgehead atoms. The first-order chi connectivity index (χ1) is 8.84. The van der Waals surface area contributed by atoms with Crippen LogP contribution in [0.1, 0.15) is 43.4 Å². The quantitative estimate of drug-likeness (QED) is 0.796. The number of hydrogen-bond donors (Lipinski definition) is 2. The summed E-state index contributed by atoms with van der Waals surface area (Å²) in [6.45, 7) is 0.841. The standard InChI is InChI=1S/C14H22N4/c15-12(10-6-7-10)8-16-14-11-4-2-1-3-5-13(11)17-9-18-14/h9-10,12H,1-8,15H2,(H,16,17,18). The van der Waals surface area contributed by atoms with Gasteiger partial charge in [0.15, 0.2) is 0 Å².